The Kier molecular flexibility index (Phi) is 11.9. The molecule has 0 aliphatic carbocycles. The molecule has 0 radical (unpaired) electrons. The first kappa shape index (κ1) is 30.6. The molecular weight excluding hydrogens is 547 g/mol. The van der Waals surface area contributed by atoms with Crippen molar-refractivity contribution in [1.82, 2.24) is 10.6 Å². The maximum absolute atomic E-state index is 13.1. The summed E-state index contributed by atoms with van der Waals surface area (Å²) in [5.41, 5.74) is 0.692. The van der Waals surface area contributed by atoms with E-state index in [0.29, 0.717) is 5.56 Å². The summed E-state index contributed by atoms with van der Waals surface area (Å²) in [7, 11) is -4.18. The van der Waals surface area contributed by atoms with Crippen molar-refractivity contribution >= 4 is 47.2 Å². The summed E-state index contributed by atoms with van der Waals surface area (Å²) in [6.45, 7) is 7.10. The molecule has 11 nitrogen and oxygen atoms in total. The number of rotatable bonds is 12. The average molecular weight is 579 g/mol. The summed E-state index contributed by atoms with van der Waals surface area (Å²) in [5.74, 6) is -5.33. The summed E-state index contributed by atoms with van der Waals surface area (Å²) in [4.78, 5) is 58.3. The van der Waals surface area contributed by atoms with Crippen LogP contribution in [0.5, 0.6) is 0 Å². The van der Waals surface area contributed by atoms with Crippen LogP contribution in [0.4, 0.5) is 4.79 Å². The summed E-state index contributed by atoms with van der Waals surface area (Å²) < 4.78 is 23.7. The number of carboxylic acids is 1. The van der Waals surface area contributed by atoms with Crippen molar-refractivity contribution in [2.24, 2.45) is 11.8 Å². The predicted molar refractivity (Wildman–Crippen MR) is 131 cm³/mol. The van der Waals surface area contributed by atoms with Gasteiger partial charge in [0.15, 0.2) is 0 Å². The third kappa shape index (κ3) is 10.8. The highest BCUT2D eigenvalue weighted by atomic mass is 79.9. The van der Waals surface area contributed by atoms with E-state index in [4.69, 9.17) is 14.6 Å². The second kappa shape index (κ2) is 13.6. The molecular formula is C22H32BrN2O9P. The van der Waals surface area contributed by atoms with E-state index in [0.717, 1.165) is 4.47 Å². The first-order valence-corrected chi connectivity index (χ1v) is 13.6. The van der Waals surface area contributed by atoms with Gasteiger partial charge in [-0.3, -0.25) is 18.9 Å². The monoisotopic (exact) mass is 578 g/mol. The minimum absolute atomic E-state index is 0.0648. The van der Waals surface area contributed by atoms with Gasteiger partial charge in [-0.2, -0.15) is 0 Å². The van der Waals surface area contributed by atoms with Gasteiger partial charge in [-0.1, -0.05) is 41.9 Å². The Hall–Kier alpha value is -2.43. The van der Waals surface area contributed by atoms with Gasteiger partial charge >= 0.3 is 18.0 Å². The number of aliphatic carboxylic acids is 1. The number of carbonyl (C=O) groups is 4. The van der Waals surface area contributed by atoms with Crippen LogP contribution in [0.1, 0.15) is 40.2 Å². The summed E-state index contributed by atoms with van der Waals surface area (Å²) in [6.07, 6.45) is -2.76. The number of amides is 2. The van der Waals surface area contributed by atoms with E-state index < -0.39 is 67.4 Å². The highest BCUT2D eigenvalue weighted by Gasteiger charge is 2.36. The summed E-state index contributed by atoms with van der Waals surface area (Å²) in [6, 6.07) is 5.75. The molecule has 0 heterocycles. The van der Waals surface area contributed by atoms with Crippen molar-refractivity contribution in [3.63, 3.8) is 0 Å². The quantitative estimate of drug-likeness (QED) is 0.165. The first-order valence-electron chi connectivity index (χ1n) is 10.9. The van der Waals surface area contributed by atoms with Gasteiger partial charge in [0.25, 0.3) is 0 Å². The van der Waals surface area contributed by atoms with Gasteiger partial charge < -0.3 is 30.1 Å². The first-order chi connectivity index (χ1) is 16.1. The van der Waals surface area contributed by atoms with E-state index in [9.17, 15) is 28.6 Å². The number of ether oxygens (including phenoxy) is 2. The Morgan fingerprint density at radius 3 is 2.09 bits per heavy atom. The second-order valence-electron chi connectivity index (χ2n) is 8.42. The zero-order valence-corrected chi connectivity index (χ0v) is 22.7. The molecule has 1 aromatic rings. The number of halogens is 1. The number of benzene rings is 1. The lowest BCUT2D eigenvalue weighted by Gasteiger charge is -2.26. The van der Waals surface area contributed by atoms with Crippen molar-refractivity contribution < 1.29 is 43.2 Å². The van der Waals surface area contributed by atoms with Crippen LogP contribution in [0.3, 0.4) is 0 Å². The van der Waals surface area contributed by atoms with E-state index in [2.05, 4.69) is 26.6 Å². The topological polar surface area (TPSA) is 168 Å². The second-order valence-corrected chi connectivity index (χ2v) is 12.0. The molecule has 0 saturated carbocycles. The molecule has 0 spiro atoms. The molecule has 0 saturated heterocycles. The number of carbonyl (C=O) groups excluding carboxylic acids is 3. The third-order valence-corrected chi connectivity index (χ3v) is 7.77. The summed E-state index contributed by atoms with van der Waals surface area (Å²) >= 11 is 3.31. The van der Waals surface area contributed by atoms with Crippen LogP contribution >= 0.6 is 23.3 Å². The minimum atomic E-state index is -4.18. The smallest absolute Gasteiger partial charge is 0.410 e. The Morgan fingerprint density at radius 1 is 1.00 bits per heavy atom. The normalized spacial score (nSPS) is 16.2. The lowest BCUT2D eigenvalue weighted by atomic mass is 10.00. The Balaban J connectivity index is 2.92. The van der Waals surface area contributed by atoms with Crippen LogP contribution in [0, 0.1) is 11.8 Å². The maximum atomic E-state index is 13.1. The number of alkyl carbamates (subject to hydrolysis) is 1. The van der Waals surface area contributed by atoms with E-state index in [1.54, 1.807) is 38.1 Å². The van der Waals surface area contributed by atoms with E-state index in [-0.39, 0.29) is 6.42 Å². The molecule has 4 N–H and O–H groups in total. The Bertz CT molecular complexity index is 955. The van der Waals surface area contributed by atoms with Gasteiger partial charge in [-0.05, 0) is 38.0 Å². The Morgan fingerprint density at radius 2 is 1.57 bits per heavy atom. The van der Waals surface area contributed by atoms with Crippen molar-refractivity contribution in [3.8, 4) is 0 Å². The molecule has 2 amide bonds. The van der Waals surface area contributed by atoms with Gasteiger partial charge in [0, 0.05) is 17.6 Å². The number of nitrogens with one attached hydrogen (secondary N) is 2. The fraction of sp³-hybridized carbons (Fsp3) is 0.545. The SMILES string of the molecule is CC(OC(=O)NC(C)P(=O)(O)CC(Cc1ccc(Br)cc1)C(=O)NC(C)C(=O)O)OC(=O)C(C)C. The van der Waals surface area contributed by atoms with Crippen molar-refractivity contribution in [1.29, 1.82) is 0 Å². The van der Waals surface area contributed by atoms with Crippen LogP contribution in [0.25, 0.3) is 0 Å². The molecule has 35 heavy (non-hydrogen) atoms. The van der Waals surface area contributed by atoms with Gasteiger partial charge in [0.2, 0.25) is 19.6 Å². The summed E-state index contributed by atoms with van der Waals surface area (Å²) in [5, 5.41) is 13.6. The standard InChI is InChI=1S/C22H32BrN2O9P/c1-12(2)21(29)33-15(5)34-22(30)25-14(4)35(31,32)11-17(19(26)24-13(3)20(27)28)10-16-6-8-18(23)9-7-16/h6-9,12-15,17H,10-11H2,1-5H3,(H,24,26)(H,25,30)(H,27,28)(H,31,32). The van der Waals surface area contributed by atoms with E-state index in [1.807, 2.05) is 0 Å². The highest BCUT2D eigenvalue weighted by Crippen LogP contribution is 2.47. The average Bonchev–Trinajstić information content (AvgIpc) is 2.73. The largest absolute Gasteiger partial charge is 0.480 e. The molecule has 5 unspecified atom stereocenters. The van der Waals surface area contributed by atoms with Crippen LogP contribution in [0.15, 0.2) is 28.7 Å². The van der Waals surface area contributed by atoms with Crippen LogP contribution < -0.4 is 10.6 Å². The number of hydrogen-bond donors (Lipinski definition) is 4. The fourth-order valence-electron chi connectivity index (χ4n) is 2.79. The van der Waals surface area contributed by atoms with Gasteiger partial charge in [0.1, 0.15) is 11.8 Å². The molecule has 0 aromatic heterocycles. The predicted octanol–water partition coefficient (Wildman–Crippen LogP) is 3.08. The molecule has 13 heteroatoms. The van der Waals surface area contributed by atoms with Crippen LogP contribution in [-0.2, 0) is 34.8 Å². The van der Waals surface area contributed by atoms with E-state index in [1.165, 1.54) is 20.8 Å². The zero-order valence-electron chi connectivity index (χ0n) is 20.2. The minimum Gasteiger partial charge on any atom is -0.480 e. The lowest BCUT2D eigenvalue weighted by molar-refractivity contribution is -0.168. The third-order valence-electron chi connectivity index (χ3n) is 4.94. The maximum Gasteiger partial charge on any atom is 0.410 e. The van der Waals surface area contributed by atoms with Gasteiger partial charge in [-0.25, -0.2) is 4.79 Å². The molecule has 1 aromatic carbocycles. The number of carboxylic acid groups (broad SMARTS) is 1. The molecule has 0 aliphatic heterocycles. The molecule has 5 atom stereocenters. The van der Waals surface area contributed by atoms with Crippen molar-refractivity contribution in [3.05, 3.63) is 34.3 Å². The number of esters is 1. The van der Waals surface area contributed by atoms with Crippen LogP contribution in [-0.4, -0.2) is 58.2 Å². The van der Waals surface area contributed by atoms with Gasteiger partial charge in [-0.15, -0.1) is 0 Å². The van der Waals surface area contributed by atoms with E-state index >= 15 is 0 Å². The molecule has 196 valence electrons. The Labute approximate surface area is 212 Å². The fourth-order valence-corrected chi connectivity index (χ4v) is 4.61. The van der Waals surface area contributed by atoms with Crippen LogP contribution in [0.2, 0.25) is 0 Å². The lowest BCUT2D eigenvalue weighted by Crippen LogP contribution is -2.44. The van der Waals surface area contributed by atoms with Gasteiger partial charge in [0.05, 0.1) is 11.8 Å². The molecule has 0 aliphatic rings. The zero-order chi connectivity index (χ0) is 26.9. The molecule has 0 bridgehead atoms. The van der Waals surface area contributed by atoms with Crippen molar-refractivity contribution in [2.75, 3.05) is 6.16 Å². The molecule has 1 rings (SSSR count). The van der Waals surface area contributed by atoms with Crippen molar-refractivity contribution in [2.45, 2.75) is 59.2 Å². The highest BCUT2D eigenvalue weighted by molar-refractivity contribution is 9.10. The molecule has 0 fully saturated rings. The number of hydrogen-bond acceptors (Lipinski definition) is 7.